The molecule has 1 N–H and O–H groups in total. The number of aryl methyl sites for hydroxylation is 1. The first-order valence-corrected chi connectivity index (χ1v) is 9.11. The predicted molar refractivity (Wildman–Crippen MR) is 103 cm³/mol. The van der Waals surface area contributed by atoms with E-state index in [1.165, 1.54) is 0 Å². The van der Waals surface area contributed by atoms with Crippen LogP contribution in [0.3, 0.4) is 0 Å². The fraction of sp³-hybridized carbons (Fsp3) is 0.300. The normalized spacial score (nSPS) is 16.9. The second-order valence-electron chi connectivity index (χ2n) is 6.75. The Labute approximate surface area is 158 Å². The van der Waals surface area contributed by atoms with Gasteiger partial charge >= 0.3 is 0 Å². The minimum atomic E-state index is -0.0535. The molecule has 1 unspecified atom stereocenters. The highest BCUT2D eigenvalue weighted by Gasteiger charge is 2.23. The van der Waals surface area contributed by atoms with Crippen LogP contribution in [0.4, 0.5) is 5.95 Å². The van der Waals surface area contributed by atoms with Crippen LogP contribution < -0.4 is 10.2 Å². The van der Waals surface area contributed by atoms with Gasteiger partial charge in [0.15, 0.2) is 0 Å². The highest BCUT2D eigenvalue weighted by Crippen LogP contribution is 2.18. The maximum atomic E-state index is 12.6. The van der Waals surface area contributed by atoms with Gasteiger partial charge in [-0.3, -0.25) is 4.79 Å². The Hall–Kier alpha value is -3.22. The number of piperidine rings is 1. The molecule has 7 heteroatoms. The summed E-state index contributed by atoms with van der Waals surface area (Å²) in [6.07, 6.45) is 9.12. The molecular formula is C20H22N6O. The molecule has 1 fully saturated rings. The summed E-state index contributed by atoms with van der Waals surface area (Å²) in [5.74, 6) is 1.55. The number of nitrogens with one attached hydrogen (secondary N) is 1. The molecule has 1 aliphatic rings. The van der Waals surface area contributed by atoms with Crippen molar-refractivity contribution in [3.63, 3.8) is 0 Å². The Morgan fingerprint density at radius 1 is 1.11 bits per heavy atom. The van der Waals surface area contributed by atoms with Gasteiger partial charge in [-0.05, 0) is 31.0 Å². The number of aromatic nitrogens is 4. The van der Waals surface area contributed by atoms with E-state index in [0.29, 0.717) is 5.56 Å². The van der Waals surface area contributed by atoms with Crippen LogP contribution in [-0.2, 0) is 7.05 Å². The standard InChI is InChI=1S/C20H22N6O/c1-25-13-11-21-18(25)15-5-7-16(8-6-15)19(27)24-17-4-2-12-26(14-17)20-22-9-3-10-23-20/h3,5-11,13,17H,2,4,12,14H2,1H3,(H,24,27). The highest BCUT2D eigenvalue weighted by molar-refractivity contribution is 5.94. The summed E-state index contributed by atoms with van der Waals surface area (Å²) >= 11 is 0. The topological polar surface area (TPSA) is 75.9 Å². The zero-order valence-electron chi connectivity index (χ0n) is 15.2. The van der Waals surface area contributed by atoms with E-state index in [1.54, 1.807) is 24.7 Å². The lowest BCUT2D eigenvalue weighted by molar-refractivity contribution is 0.0933. The molecule has 0 spiro atoms. The third-order valence-electron chi connectivity index (χ3n) is 4.82. The largest absolute Gasteiger partial charge is 0.348 e. The maximum absolute atomic E-state index is 12.6. The van der Waals surface area contributed by atoms with E-state index in [2.05, 4.69) is 25.2 Å². The first-order chi connectivity index (χ1) is 13.2. The molecule has 2 aromatic heterocycles. The Morgan fingerprint density at radius 2 is 1.89 bits per heavy atom. The molecule has 3 heterocycles. The van der Waals surface area contributed by atoms with Crippen LogP contribution in [0.1, 0.15) is 23.2 Å². The summed E-state index contributed by atoms with van der Waals surface area (Å²) in [4.78, 5) is 27.7. The summed E-state index contributed by atoms with van der Waals surface area (Å²) in [6.45, 7) is 1.63. The van der Waals surface area contributed by atoms with Crippen molar-refractivity contribution in [2.45, 2.75) is 18.9 Å². The molecule has 7 nitrogen and oxygen atoms in total. The average Bonchev–Trinajstić information content (AvgIpc) is 3.15. The van der Waals surface area contributed by atoms with Gasteiger partial charge in [-0.1, -0.05) is 12.1 Å². The van der Waals surface area contributed by atoms with Crippen LogP contribution in [0.5, 0.6) is 0 Å². The van der Waals surface area contributed by atoms with Gasteiger partial charge in [0.1, 0.15) is 5.82 Å². The van der Waals surface area contributed by atoms with Crippen molar-refractivity contribution in [3.05, 3.63) is 60.7 Å². The molecule has 4 rings (SSSR count). The second kappa shape index (κ2) is 7.57. The smallest absolute Gasteiger partial charge is 0.251 e. The van der Waals surface area contributed by atoms with E-state index in [9.17, 15) is 4.79 Å². The number of anilines is 1. The lowest BCUT2D eigenvalue weighted by Crippen LogP contribution is -2.48. The number of carbonyl (C=O) groups is 1. The van der Waals surface area contributed by atoms with Crippen molar-refractivity contribution < 1.29 is 4.79 Å². The van der Waals surface area contributed by atoms with E-state index in [0.717, 1.165) is 43.3 Å². The molecule has 0 radical (unpaired) electrons. The van der Waals surface area contributed by atoms with Gasteiger partial charge in [0.25, 0.3) is 5.91 Å². The van der Waals surface area contributed by atoms with Crippen LogP contribution >= 0.6 is 0 Å². The van der Waals surface area contributed by atoms with Crippen molar-refractivity contribution in [2.24, 2.45) is 7.05 Å². The fourth-order valence-corrected chi connectivity index (χ4v) is 3.41. The Bertz CT molecular complexity index is 906. The van der Waals surface area contributed by atoms with E-state index in [1.807, 2.05) is 42.1 Å². The van der Waals surface area contributed by atoms with Crippen LogP contribution in [0.25, 0.3) is 11.4 Å². The quantitative estimate of drug-likeness (QED) is 0.771. The molecule has 0 bridgehead atoms. The molecular weight excluding hydrogens is 340 g/mol. The van der Waals surface area contributed by atoms with Gasteiger partial charge in [-0.25, -0.2) is 15.0 Å². The van der Waals surface area contributed by atoms with Gasteiger partial charge in [-0.15, -0.1) is 0 Å². The van der Waals surface area contributed by atoms with E-state index in [-0.39, 0.29) is 11.9 Å². The van der Waals surface area contributed by atoms with Crippen molar-refractivity contribution >= 4 is 11.9 Å². The third kappa shape index (κ3) is 3.81. The van der Waals surface area contributed by atoms with Gasteiger partial charge in [-0.2, -0.15) is 0 Å². The van der Waals surface area contributed by atoms with Gasteiger partial charge < -0.3 is 14.8 Å². The highest BCUT2D eigenvalue weighted by atomic mass is 16.1. The number of amides is 1. The molecule has 1 aliphatic heterocycles. The van der Waals surface area contributed by atoms with Crippen molar-refractivity contribution in [1.82, 2.24) is 24.8 Å². The minimum Gasteiger partial charge on any atom is -0.348 e. The van der Waals surface area contributed by atoms with Gasteiger partial charge in [0.2, 0.25) is 5.95 Å². The zero-order chi connectivity index (χ0) is 18.6. The van der Waals surface area contributed by atoms with Crippen LogP contribution in [-0.4, -0.2) is 44.6 Å². The number of hydrogen-bond acceptors (Lipinski definition) is 5. The molecule has 1 saturated heterocycles. The van der Waals surface area contributed by atoms with Crippen molar-refractivity contribution in [3.8, 4) is 11.4 Å². The monoisotopic (exact) mass is 362 g/mol. The maximum Gasteiger partial charge on any atom is 0.251 e. The number of carbonyl (C=O) groups excluding carboxylic acids is 1. The van der Waals surface area contributed by atoms with E-state index < -0.39 is 0 Å². The first kappa shape index (κ1) is 17.2. The van der Waals surface area contributed by atoms with Crippen molar-refractivity contribution in [1.29, 1.82) is 0 Å². The Morgan fingerprint density at radius 3 is 2.59 bits per heavy atom. The molecule has 3 aromatic rings. The average molecular weight is 362 g/mol. The molecule has 1 amide bonds. The van der Waals surface area contributed by atoms with Gasteiger partial charge in [0.05, 0.1) is 0 Å². The van der Waals surface area contributed by atoms with E-state index in [4.69, 9.17) is 0 Å². The summed E-state index contributed by atoms with van der Waals surface area (Å²) in [7, 11) is 1.95. The van der Waals surface area contributed by atoms with Gasteiger partial charge in [0, 0.05) is 62.1 Å². The summed E-state index contributed by atoms with van der Waals surface area (Å²) < 4.78 is 1.96. The number of nitrogens with zero attached hydrogens (tertiary/aromatic N) is 5. The SMILES string of the molecule is Cn1ccnc1-c1ccc(C(=O)NC2CCCN(c3ncccn3)C2)cc1. The fourth-order valence-electron chi connectivity index (χ4n) is 3.41. The Balaban J connectivity index is 1.41. The molecule has 0 aliphatic carbocycles. The summed E-state index contributed by atoms with van der Waals surface area (Å²) in [6, 6.07) is 9.45. The zero-order valence-corrected chi connectivity index (χ0v) is 15.2. The number of benzene rings is 1. The van der Waals surface area contributed by atoms with Crippen molar-refractivity contribution in [2.75, 3.05) is 18.0 Å². The lowest BCUT2D eigenvalue weighted by atomic mass is 10.0. The molecule has 27 heavy (non-hydrogen) atoms. The molecule has 0 saturated carbocycles. The minimum absolute atomic E-state index is 0.0535. The first-order valence-electron chi connectivity index (χ1n) is 9.11. The van der Waals surface area contributed by atoms with E-state index >= 15 is 0 Å². The number of rotatable bonds is 4. The number of hydrogen-bond donors (Lipinski definition) is 1. The number of imidazole rings is 1. The third-order valence-corrected chi connectivity index (χ3v) is 4.82. The van der Waals surface area contributed by atoms with Crippen LogP contribution in [0, 0.1) is 0 Å². The summed E-state index contributed by atoms with van der Waals surface area (Å²) in [5, 5.41) is 3.14. The molecule has 1 aromatic carbocycles. The second-order valence-corrected chi connectivity index (χ2v) is 6.75. The van der Waals surface area contributed by atoms with Crippen LogP contribution in [0.15, 0.2) is 55.1 Å². The predicted octanol–water partition coefficient (Wildman–Crippen LogP) is 2.28. The molecule has 138 valence electrons. The van der Waals surface area contributed by atoms with Crippen LogP contribution in [0.2, 0.25) is 0 Å². The Kier molecular flexibility index (Phi) is 4.82. The molecule has 1 atom stereocenters. The summed E-state index contributed by atoms with van der Waals surface area (Å²) in [5.41, 5.74) is 1.64. The lowest BCUT2D eigenvalue weighted by Gasteiger charge is -2.33.